The Morgan fingerprint density at radius 3 is 3.00 bits per heavy atom. The summed E-state index contributed by atoms with van der Waals surface area (Å²) >= 11 is 0. The Hall–Kier alpha value is -2.34. The van der Waals surface area contributed by atoms with Crippen LogP contribution in [0.5, 0.6) is 0 Å². The molecule has 0 aliphatic heterocycles. The first-order valence-corrected chi connectivity index (χ1v) is 6.90. The van der Waals surface area contributed by atoms with E-state index in [1.165, 1.54) is 4.68 Å². The first-order chi connectivity index (χ1) is 10.0. The van der Waals surface area contributed by atoms with Gasteiger partial charge in [0, 0.05) is 12.5 Å². The van der Waals surface area contributed by atoms with Gasteiger partial charge in [0.15, 0.2) is 0 Å². The molecule has 0 spiro atoms. The number of aliphatic hydroxyl groups is 1. The van der Waals surface area contributed by atoms with E-state index in [2.05, 4.69) is 10.4 Å². The Bertz CT molecular complexity index is 680. The molecule has 4 N–H and O–H groups in total. The van der Waals surface area contributed by atoms with Crippen molar-refractivity contribution in [2.24, 2.45) is 0 Å². The fourth-order valence-corrected chi connectivity index (χ4v) is 2.80. The maximum Gasteiger partial charge on any atom is 0.242 e. The monoisotopic (exact) mass is 286 g/mol. The number of aryl methyl sites for hydroxylation is 1. The summed E-state index contributed by atoms with van der Waals surface area (Å²) in [4.78, 5) is 12.1. The summed E-state index contributed by atoms with van der Waals surface area (Å²) in [6.45, 7) is 1.87. The lowest BCUT2D eigenvalue weighted by molar-refractivity contribution is -0.123. The van der Waals surface area contributed by atoms with Crippen molar-refractivity contribution in [2.45, 2.75) is 32.0 Å². The molecule has 0 saturated carbocycles. The molecule has 3 rings (SSSR count). The van der Waals surface area contributed by atoms with Gasteiger partial charge < -0.3 is 16.2 Å². The van der Waals surface area contributed by atoms with Gasteiger partial charge in [-0.1, -0.05) is 24.3 Å². The maximum atomic E-state index is 12.1. The lowest BCUT2D eigenvalue weighted by Gasteiger charge is -2.18. The smallest absolute Gasteiger partial charge is 0.242 e. The van der Waals surface area contributed by atoms with Gasteiger partial charge >= 0.3 is 0 Å². The highest BCUT2D eigenvalue weighted by Gasteiger charge is 2.31. The molecule has 1 aliphatic carbocycles. The van der Waals surface area contributed by atoms with Crippen LogP contribution < -0.4 is 11.1 Å². The molecule has 0 saturated heterocycles. The first-order valence-electron chi connectivity index (χ1n) is 6.90. The quantitative estimate of drug-likeness (QED) is 0.768. The SMILES string of the molecule is Cc1cc(N)n(CC(=O)N[C@@H]2c3ccccc3C[C@@H]2O)n1. The number of hydrogen-bond acceptors (Lipinski definition) is 4. The third-order valence-electron chi connectivity index (χ3n) is 3.75. The van der Waals surface area contributed by atoms with Crippen molar-refractivity contribution in [3.63, 3.8) is 0 Å². The van der Waals surface area contributed by atoms with Gasteiger partial charge in [0.25, 0.3) is 0 Å². The van der Waals surface area contributed by atoms with Crippen LogP contribution in [0.2, 0.25) is 0 Å². The third kappa shape index (κ3) is 2.62. The number of fused-ring (bicyclic) bond motifs is 1. The van der Waals surface area contributed by atoms with Crippen LogP contribution in [-0.2, 0) is 17.8 Å². The Morgan fingerprint density at radius 2 is 2.29 bits per heavy atom. The molecule has 6 heteroatoms. The lowest BCUT2D eigenvalue weighted by atomic mass is 10.1. The molecular formula is C15H18N4O2. The molecule has 1 aliphatic rings. The number of carbonyl (C=O) groups is 1. The summed E-state index contributed by atoms with van der Waals surface area (Å²) in [5.74, 6) is 0.237. The van der Waals surface area contributed by atoms with Crippen LogP contribution in [0.25, 0.3) is 0 Å². The van der Waals surface area contributed by atoms with E-state index in [-0.39, 0.29) is 18.5 Å². The van der Waals surface area contributed by atoms with Gasteiger partial charge in [0.2, 0.25) is 5.91 Å². The van der Waals surface area contributed by atoms with Gasteiger partial charge in [-0.3, -0.25) is 4.79 Å². The molecule has 2 atom stereocenters. The Labute approximate surface area is 122 Å². The minimum atomic E-state index is -0.594. The van der Waals surface area contributed by atoms with Crippen molar-refractivity contribution in [1.82, 2.24) is 15.1 Å². The standard InChI is InChI=1S/C15H18N4O2/c1-9-6-13(16)19(18-9)8-14(21)17-15-11-5-3-2-4-10(11)7-12(15)20/h2-6,12,15,20H,7-8,16H2,1H3,(H,17,21)/t12-,15+/m0/s1. The second-order valence-electron chi connectivity index (χ2n) is 5.38. The average Bonchev–Trinajstić information content (AvgIpc) is 2.90. The van der Waals surface area contributed by atoms with E-state index in [0.717, 1.165) is 16.8 Å². The summed E-state index contributed by atoms with van der Waals surface area (Å²) in [6.07, 6.45) is -0.0347. The predicted molar refractivity (Wildman–Crippen MR) is 78.4 cm³/mol. The van der Waals surface area contributed by atoms with E-state index in [0.29, 0.717) is 12.2 Å². The number of nitrogens with one attached hydrogen (secondary N) is 1. The molecule has 21 heavy (non-hydrogen) atoms. The summed E-state index contributed by atoms with van der Waals surface area (Å²) in [5, 5.41) is 17.1. The van der Waals surface area contributed by atoms with E-state index in [1.807, 2.05) is 31.2 Å². The summed E-state index contributed by atoms with van der Waals surface area (Å²) in [7, 11) is 0. The number of anilines is 1. The van der Waals surface area contributed by atoms with Crippen molar-refractivity contribution < 1.29 is 9.90 Å². The zero-order chi connectivity index (χ0) is 15.0. The third-order valence-corrected chi connectivity index (χ3v) is 3.75. The molecule has 6 nitrogen and oxygen atoms in total. The number of benzene rings is 1. The number of aliphatic hydroxyl groups excluding tert-OH is 1. The largest absolute Gasteiger partial charge is 0.390 e. The van der Waals surface area contributed by atoms with Crippen molar-refractivity contribution in [3.05, 3.63) is 47.2 Å². The molecule has 2 aromatic rings. The van der Waals surface area contributed by atoms with Crippen molar-refractivity contribution in [2.75, 3.05) is 5.73 Å². The zero-order valence-electron chi connectivity index (χ0n) is 11.8. The van der Waals surface area contributed by atoms with E-state index >= 15 is 0 Å². The van der Waals surface area contributed by atoms with Crippen molar-refractivity contribution in [1.29, 1.82) is 0 Å². The van der Waals surface area contributed by atoms with E-state index in [4.69, 9.17) is 5.73 Å². The highest BCUT2D eigenvalue weighted by atomic mass is 16.3. The fourth-order valence-electron chi connectivity index (χ4n) is 2.80. The number of carbonyl (C=O) groups excluding carboxylic acids is 1. The van der Waals surface area contributed by atoms with Crippen LogP contribution in [0, 0.1) is 6.92 Å². The Morgan fingerprint density at radius 1 is 1.52 bits per heavy atom. The topological polar surface area (TPSA) is 93.2 Å². The minimum Gasteiger partial charge on any atom is -0.390 e. The van der Waals surface area contributed by atoms with Gasteiger partial charge in [0.1, 0.15) is 12.4 Å². The van der Waals surface area contributed by atoms with E-state index in [9.17, 15) is 9.90 Å². The number of nitrogens with zero attached hydrogens (tertiary/aromatic N) is 2. The van der Waals surface area contributed by atoms with Gasteiger partial charge in [-0.15, -0.1) is 0 Å². The van der Waals surface area contributed by atoms with Crippen molar-refractivity contribution >= 4 is 11.7 Å². The second-order valence-corrected chi connectivity index (χ2v) is 5.38. The molecule has 1 aromatic heterocycles. The number of aromatic nitrogens is 2. The zero-order valence-corrected chi connectivity index (χ0v) is 11.8. The molecule has 110 valence electrons. The first kappa shape index (κ1) is 13.6. The van der Waals surface area contributed by atoms with Crippen LogP contribution in [-0.4, -0.2) is 26.9 Å². The number of hydrogen-bond donors (Lipinski definition) is 3. The number of rotatable bonds is 3. The molecule has 0 fully saturated rings. The highest BCUT2D eigenvalue weighted by molar-refractivity contribution is 5.77. The van der Waals surface area contributed by atoms with Gasteiger partial charge in [0.05, 0.1) is 17.8 Å². The molecule has 0 radical (unpaired) electrons. The fraction of sp³-hybridized carbons (Fsp3) is 0.333. The van der Waals surface area contributed by atoms with Crippen LogP contribution in [0.4, 0.5) is 5.82 Å². The Balaban J connectivity index is 1.72. The minimum absolute atomic E-state index is 0.0467. The van der Waals surface area contributed by atoms with Crippen LogP contribution in [0.15, 0.2) is 30.3 Å². The van der Waals surface area contributed by atoms with Gasteiger partial charge in [-0.2, -0.15) is 5.10 Å². The summed E-state index contributed by atoms with van der Waals surface area (Å²) in [5.41, 5.74) is 8.59. The Kier molecular flexibility index (Phi) is 3.39. The van der Waals surface area contributed by atoms with Crippen LogP contribution in [0.1, 0.15) is 22.9 Å². The average molecular weight is 286 g/mol. The van der Waals surface area contributed by atoms with E-state index in [1.54, 1.807) is 6.07 Å². The molecule has 0 unspecified atom stereocenters. The van der Waals surface area contributed by atoms with Crippen LogP contribution in [0.3, 0.4) is 0 Å². The summed E-state index contributed by atoms with van der Waals surface area (Å²) in [6, 6.07) is 9.09. The van der Waals surface area contributed by atoms with E-state index < -0.39 is 6.10 Å². The molecular weight excluding hydrogens is 268 g/mol. The maximum absolute atomic E-state index is 12.1. The lowest BCUT2D eigenvalue weighted by Crippen LogP contribution is -2.36. The summed E-state index contributed by atoms with van der Waals surface area (Å²) < 4.78 is 1.46. The molecule has 1 aromatic carbocycles. The van der Waals surface area contributed by atoms with Gasteiger partial charge in [-0.05, 0) is 18.1 Å². The molecule has 1 amide bonds. The highest BCUT2D eigenvalue weighted by Crippen LogP contribution is 2.31. The number of nitrogen functional groups attached to an aromatic ring is 1. The van der Waals surface area contributed by atoms with Crippen LogP contribution >= 0.6 is 0 Å². The predicted octanol–water partition coefficient (Wildman–Crippen LogP) is 0.548. The molecule has 1 heterocycles. The second kappa shape index (κ2) is 5.21. The van der Waals surface area contributed by atoms with Gasteiger partial charge in [-0.25, -0.2) is 4.68 Å². The molecule has 0 bridgehead atoms. The number of nitrogens with two attached hydrogens (primary N) is 1. The normalized spacial score (nSPS) is 20.3. The number of amides is 1. The van der Waals surface area contributed by atoms with Crippen molar-refractivity contribution in [3.8, 4) is 0 Å².